The van der Waals surface area contributed by atoms with Crippen LogP contribution in [-0.2, 0) is 11.3 Å². The molecule has 1 aromatic carbocycles. The van der Waals surface area contributed by atoms with Crippen molar-refractivity contribution in [3.05, 3.63) is 50.9 Å². The van der Waals surface area contributed by atoms with Gasteiger partial charge in [0.05, 0.1) is 11.7 Å². The molecule has 1 aliphatic rings. The number of fused-ring (bicyclic) bond motifs is 1. The first kappa shape index (κ1) is 17.9. The highest BCUT2D eigenvalue weighted by Crippen LogP contribution is 2.37. The summed E-state index contributed by atoms with van der Waals surface area (Å²) in [6.45, 7) is 7.77. The van der Waals surface area contributed by atoms with Gasteiger partial charge >= 0.3 is 0 Å². The van der Waals surface area contributed by atoms with Gasteiger partial charge in [-0.15, -0.1) is 11.3 Å². The normalized spacial score (nSPS) is 14.3. The Morgan fingerprint density at radius 3 is 2.67 bits per heavy atom. The Balaban J connectivity index is 1.84. The van der Waals surface area contributed by atoms with Crippen LogP contribution in [0, 0.1) is 20.8 Å². The third kappa shape index (κ3) is 3.18. The fraction of sp³-hybridized carbons (Fsp3) is 0.381. The van der Waals surface area contributed by atoms with E-state index in [-0.39, 0.29) is 18.0 Å². The Bertz CT molecular complexity index is 1090. The largest absolute Gasteiger partial charge is 0.341 e. The van der Waals surface area contributed by atoms with Crippen LogP contribution in [-0.4, -0.2) is 33.4 Å². The van der Waals surface area contributed by atoms with Gasteiger partial charge in [-0.25, -0.2) is 4.98 Å². The first-order chi connectivity index (χ1) is 13.0. The highest BCUT2D eigenvalue weighted by atomic mass is 32.1. The molecule has 0 atom stereocenters. The molecule has 5 nitrogen and oxygen atoms in total. The van der Waals surface area contributed by atoms with Gasteiger partial charge in [0.2, 0.25) is 5.91 Å². The van der Waals surface area contributed by atoms with E-state index in [0.29, 0.717) is 5.39 Å². The van der Waals surface area contributed by atoms with E-state index in [2.05, 4.69) is 37.0 Å². The van der Waals surface area contributed by atoms with E-state index < -0.39 is 0 Å². The van der Waals surface area contributed by atoms with Crippen LogP contribution in [0.15, 0.2) is 29.3 Å². The van der Waals surface area contributed by atoms with Crippen LogP contribution < -0.4 is 5.56 Å². The highest BCUT2D eigenvalue weighted by Gasteiger charge is 2.21. The summed E-state index contributed by atoms with van der Waals surface area (Å²) in [5.74, 6) is -0.00372. The number of thiophene rings is 1. The number of nitrogens with zero attached hydrogens (tertiary/aromatic N) is 3. The summed E-state index contributed by atoms with van der Waals surface area (Å²) in [6, 6.07) is 6.28. The molecule has 0 radical (unpaired) electrons. The van der Waals surface area contributed by atoms with Crippen molar-refractivity contribution in [2.24, 2.45) is 0 Å². The Morgan fingerprint density at radius 1 is 1.19 bits per heavy atom. The number of rotatable bonds is 3. The number of benzene rings is 1. The third-order valence-electron chi connectivity index (χ3n) is 5.28. The summed E-state index contributed by atoms with van der Waals surface area (Å²) >= 11 is 1.54. The monoisotopic (exact) mass is 381 g/mol. The number of aromatic nitrogens is 2. The number of aryl methyl sites for hydroxylation is 3. The molecule has 27 heavy (non-hydrogen) atoms. The molecule has 3 aromatic rings. The van der Waals surface area contributed by atoms with E-state index in [9.17, 15) is 9.59 Å². The van der Waals surface area contributed by atoms with Crippen molar-refractivity contribution < 1.29 is 4.79 Å². The van der Waals surface area contributed by atoms with E-state index in [0.717, 1.165) is 57.9 Å². The van der Waals surface area contributed by atoms with Crippen molar-refractivity contribution in [3.63, 3.8) is 0 Å². The standard InChI is InChI=1S/C21H23N3O2S/c1-13-6-7-14(2)16(10-13)18-15(3)27-20-19(18)21(26)24(12-22-20)11-17(25)23-8-4-5-9-23/h6-7,10,12H,4-5,8-9,11H2,1-3H3. The van der Waals surface area contributed by atoms with Crippen LogP contribution in [0.2, 0.25) is 0 Å². The zero-order valence-corrected chi connectivity index (χ0v) is 16.7. The van der Waals surface area contributed by atoms with Crippen molar-refractivity contribution in [1.29, 1.82) is 0 Å². The van der Waals surface area contributed by atoms with Crippen molar-refractivity contribution >= 4 is 27.5 Å². The summed E-state index contributed by atoms with van der Waals surface area (Å²) < 4.78 is 1.46. The zero-order chi connectivity index (χ0) is 19.1. The summed E-state index contributed by atoms with van der Waals surface area (Å²) in [6.07, 6.45) is 3.60. The van der Waals surface area contributed by atoms with Crippen molar-refractivity contribution in [2.45, 2.75) is 40.2 Å². The molecule has 4 rings (SSSR count). The number of amides is 1. The van der Waals surface area contributed by atoms with Gasteiger partial charge in [-0.05, 0) is 44.7 Å². The number of likely N-dealkylation sites (tertiary alicyclic amines) is 1. The van der Waals surface area contributed by atoms with Gasteiger partial charge in [-0.2, -0.15) is 0 Å². The van der Waals surface area contributed by atoms with Gasteiger partial charge in [0, 0.05) is 23.5 Å². The van der Waals surface area contributed by atoms with Crippen LogP contribution in [0.25, 0.3) is 21.3 Å². The lowest BCUT2D eigenvalue weighted by molar-refractivity contribution is -0.130. The van der Waals surface area contributed by atoms with Crippen LogP contribution in [0.3, 0.4) is 0 Å². The predicted molar refractivity (Wildman–Crippen MR) is 109 cm³/mol. The molecule has 0 N–H and O–H groups in total. The predicted octanol–water partition coefficient (Wildman–Crippen LogP) is 3.67. The lowest BCUT2D eigenvalue weighted by Crippen LogP contribution is -2.34. The number of hydrogen-bond donors (Lipinski definition) is 0. The first-order valence-corrected chi connectivity index (χ1v) is 10.1. The quantitative estimate of drug-likeness (QED) is 0.695. The van der Waals surface area contributed by atoms with E-state index in [1.54, 1.807) is 0 Å². The van der Waals surface area contributed by atoms with Gasteiger partial charge in [-0.3, -0.25) is 14.2 Å². The average Bonchev–Trinajstić information content (AvgIpc) is 3.27. The molecular formula is C21H23N3O2S. The Morgan fingerprint density at radius 2 is 1.93 bits per heavy atom. The molecule has 1 saturated heterocycles. The number of hydrogen-bond acceptors (Lipinski definition) is 4. The van der Waals surface area contributed by atoms with Gasteiger partial charge in [0.25, 0.3) is 5.56 Å². The minimum absolute atomic E-state index is 0.00372. The molecule has 1 fully saturated rings. The average molecular weight is 382 g/mol. The molecule has 0 bridgehead atoms. The molecule has 140 valence electrons. The van der Waals surface area contributed by atoms with Gasteiger partial charge in [0.15, 0.2) is 0 Å². The van der Waals surface area contributed by atoms with E-state index in [1.807, 2.05) is 11.8 Å². The molecule has 2 aromatic heterocycles. The van der Waals surface area contributed by atoms with Crippen LogP contribution in [0.5, 0.6) is 0 Å². The van der Waals surface area contributed by atoms with Crippen LogP contribution in [0.1, 0.15) is 28.8 Å². The molecule has 0 unspecified atom stereocenters. The summed E-state index contributed by atoms with van der Waals surface area (Å²) in [7, 11) is 0. The fourth-order valence-corrected chi connectivity index (χ4v) is 4.79. The van der Waals surface area contributed by atoms with E-state index in [4.69, 9.17) is 0 Å². The van der Waals surface area contributed by atoms with Crippen LogP contribution >= 0.6 is 11.3 Å². The topological polar surface area (TPSA) is 55.2 Å². The van der Waals surface area contributed by atoms with Crippen molar-refractivity contribution in [3.8, 4) is 11.1 Å². The summed E-state index contributed by atoms with van der Waals surface area (Å²) in [5.41, 5.74) is 4.18. The third-order valence-corrected chi connectivity index (χ3v) is 6.29. The van der Waals surface area contributed by atoms with Crippen molar-refractivity contribution in [2.75, 3.05) is 13.1 Å². The Hall–Kier alpha value is -2.47. The molecule has 3 heterocycles. The van der Waals surface area contributed by atoms with E-state index >= 15 is 0 Å². The molecule has 0 saturated carbocycles. The summed E-state index contributed by atoms with van der Waals surface area (Å²) in [5, 5.41) is 0.628. The molecular weight excluding hydrogens is 358 g/mol. The lowest BCUT2D eigenvalue weighted by atomic mass is 9.97. The lowest BCUT2D eigenvalue weighted by Gasteiger charge is -2.16. The minimum atomic E-state index is -0.132. The molecule has 1 amide bonds. The summed E-state index contributed by atoms with van der Waals surface area (Å²) in [4.78, 5) is 33.9. The SMILES string of the molecule is Cc1ccc(C)c(-c2c(C)sc3ncn(CC(=O)N4CCCC4)c(=O)c23)c1. The second-order valence-corrected chi connectivity index (χ2v) is 8.50. The second-order valence-electron chi connectivity index (χ2n) is 7.30. The minimum Gasteiger partial charge on any atom is -0.341 e. The molecule has 0 spiro atoms. The maximum atomic E-state index is 13.2. The fourth-order valence-electron chi connectivity index (χ4n) is 3.79. The maximum absolute atomic E-state index is 13.2. The zero-order valence-electron chi connectivity index (χ0n) is 15.9. The van der Waals surface area contributed by atoms with Crippen LogP contribution in [0.4, 0.5) is 0 Å². The van der Waals surface area contributed by atoms with Gasteiger partial charge in [-0.1, -0.05) is 23.8 Å². The van der Waals surface area contributed by atoms with E-state index in [1.165, 1.54) is 22.2 Å². The number of carbonyl (C=O) groups excluding carboxylic acids is 1. The second kappa shape index (κ2) is 6.93. The smallest absolute Gasteiger partial charge is 0.263 e. The van der Waals surface area contributed by atoms with Gasteiger partial charge in [0.1, 0.15) is 11.4 Å². The van der Waals surface area contributed by atoms with Gasteiger partial charge < -0.3 is 4.90 Å². The Kier molecular flexibility index (Phi) is 4.60. The number of carbonyl (C=O) groups is 1. The molecule has 1 aliphatic heterocycles. The molecule has 0 aliphatic carbocycles. The first-order valence-electron chi connectivity index (χ1n) is 9.29. The maximum Gasteiger partial charge on any atom is 0.263 e. The Labute approximate surface area is 162 Å². The van der Waals surface area contributed by atoms with Crippen molar-refractivity contribution in [1.82, 2.24) is 14.5 Å². The molecule has 6 heteroatoms. The highest BCUT2D eigenvalue weighted by molar-refractivity contribution is 7.19.